The Balaban J connectivity index is 2.85. The third-order valence-electron chi connectivity index (χ3n) is 2.03. The number of hydrogen-bond donors (Lipinski definition) is 1. The first-order chi connectivity index (χ1) is 7.41. The number of nitrogens with zero attached hydrogens (tertiary/aromatic N) is 2. The lowest BCUT2D eigenvalue weighted by molar-refractivity contribution is -0.142. The molecular formula is C9H6F3N3O. The molecule has 2 rings (SSSR count). The molecule has 7 heteroatoms. The molecule has 1 amide bonds. The number of imidazole rings is 1. The maximum Gasteiger partial charge on any atom is 0.434 e. The minimum Gasteiger partial charge on any atom is -0.364 e. The number of hydrogen-bond acceptors (Lipinski definition) is 2. The lowest BCUT2D eigenvalue weighted by Gasteiger charge is -2.06. The van der Waals surface area contributed by atoms with Crippen molar-refractivity contribution < 1.29 is 18.0 Å². The fourth-order valence-corrected chi connectivity index (χ4v) is 1.44. The van der Waals surface area contributed by atoms with E-state index >= 15 is 0 Å². The van der Waals surface area contributed by atoms with Crippen LogP contribution in [0.5, 0.6) is 0 Å². The number of primary amides is 1. The molecule has 2 heterocycles. The van der Waals surface area contributed by atoms with Gasteiger partial charge in [0, 0.05) is 6.20 Å². The molecule has 2 aromatic rings. The Morgan fingerprint density at radius 1 is 1.38 bits per heavy atom. The van der Waals surface area contributed by atoms with Gasteiger partial charge >= 0.3 is 6.18 Å². The quantitative estimate of drug-likeness (QED) is 0.804. The van der Waals surface area contributed by atoms with Crippen molar-refractivity contribution in [2.24, 2.45) is 5.73 Å². The van der Waals surface area contributed by atoms with Gasteiger partial charge in [0.25, 0.3) is 5.91 Å². The summed E-state index contributed by atoms with van der Waals surface area (Å²) in [5, 5.41) is 0. The topological polar surface area (TPSA) is 60.4 Å². The van der Waals surface area contributed by atoms with Gasteiger partial charge in [0.2, 0.25) is 0 Å². The molecule has 0 aromatic carbocycles. The van der Waals surface area contributed by atoms with Gasteiger partial charge in [-0.2, -0.15) is 13.2 Å². The standard InChI is InChI=1S/C9H6F3N3O/c10-9(11,12)7-6(8(13)16)14-5-3-1-2-4-15(5)7/h1-4H,(H2,13,16). The Morgan fingerprint density at radius 2 is 2.06 bits per heavy atom. The highest BCUT2D eigenvalue weighted by Crippen LogP contribution is 2.32. The molecule has 0 saturated carbocycles. The van der Waals surface area contributed by atoms with E-state index < -0.39 is 23.5 Å². The summed E-state index contributed by atoms with van der Waals surface area (Å²) in [6.07, 6.45) is -3.50. The van der Waals surface area contributed by atoms with Crippen molar-refractivity contribution in [1.82, 2.24) is 9.38 Å². The van der Waals surface area contributed by atoms with Gasteiger partial charge in [-0.05, 0) is 12.1 Å². The molecule has 0 fully saturated rings. The number of carbonyl (C=O) groups is 1. The van der Waals surface area contributed by atoms with Gasteiger partial charge in [0.05, 0.1) is 0 Å². The monoisotopic (exact) mass is 229 g/mol. The number of nitrogens with two attached hydrogens (primary N) is 1. The van der Waals surface area contributed by atoms with Gasteiger partial charge in [-0.1, -0.05) is 6.07 Å². The van der Waals surface area contributed by atoms with Crippen molar-refractivity contribution in [1.29, 1.82) is 0 Å². The van der Waals surface area contributed by atoms with Crippen molar-refractivity contribution in [3.8, 4) is 0 Å². The second-order valence-electron chi connectivity index (χ2n) is 3.10. The number of aromatic nitrogens is 2. The molecule has 2 N–H and O–H groups in total. The molecule has 0 spiro atoms. The number of amides is 1. The van der Waals surface area contributed by atoms with Crippen molar-refractivity contribution in [2.45, 2.75) is 6.18 Å². The molecule has 0 saturated heterocycles. The maximum absolute atomic E-state index is 12.7. The number of carbonyl (C=O) groups excluding carboxylic acids is 1. The van der Waals surface area contributed by atoms with Crippen LogP contribution in [0.15, 0.2) is 24.4 Å². The second kappa shape index (κ2) is 3.22. The zero-order chi connectivity index (χ0) is 11.9. The summed E-state index contributed by atoms with van der Waals surface area (Å²) in [4.78, 5) is 14.4. The van der Waals surface area contributed by atoms with E-state index in [0.717, 1.165) is 4.40 Å². The van der Waals surface area contributed by atoms with E-state index in [1.165, 1.54) is 24.4 Å². The van der Waals surface area contributed by atoms with Crippen LogP contribution in [0.3, 0.4) is 0 Å². The summed E-state index contributed by atoms with van der Waals surface area (Å²) in [6, 6.07) is 4.30. The first-order valence-corrected chi connectivity index (χ1v) is 4.25. The Hall–Kier alpha value is -2.05. The fourth-order valence-electron chi connectivity index (χ4n) is 1.44. The highest BCUT2D eigenvalue weighted by atomic mass is 19.4. The summed E-state index contributed by atoms with van der Waals surface area (Å²) in [6.45, 7) is 0. The van der Waals surface area contributed by atoms with Crippen LogP contribution < -0.4 is 5.73 Å². The SMILES string of the molecule is NC(=O)c1nc2ccccn2c1C(F)(F)F. The third-order valence-corrected chi connectivity index (χ3v) is 2.03. The number of pyridine rings is 1. The van der Waals surface area contributed by atoms with E-state index in [2.05, 4.69) is 4.98 Å². The van der Waals surface area contributed by atoms with E-state index in [9.17, 15) is 18.0 Å². The minimum absolute atomic E-state index is 0.0311. The first-order valence-electron chi connectivity index (χ1n) is 4.25. The van der Waals surface area contributed by atoms with Crippen molar-refractivity contribution in [2.75, 3.05) is 0 Å². The first kappa shape index (κ1) is 10.5. The molecule has 2 aromatic heterocycles. The Bertz CT molecular complexity index is 559. The van der Waals surface area contributed by atoms with E-state index in [4.69, 9.17) is 5.73 Å². The van der Waals surface area contributed by atoms with Crippen LogP contribution in [-0.4, -0.2) is 15.3 Å². The van der Waals surface area contributed by atoms with Crippen LogP contribution in [0.4, 0.5) is 13.2 Å². The van der Waals surface area contributed by atoms with Gasteiger partial charge in [-0.15, -0.1) is 0 Å². The van der Waals surface area contributed by atoms with Crippen LogP contribution in [0, 0.1) is 0 Å². The summed E-state index contributed by atoms with van der Waals surface area (Å²) in [5.74, 6) is -1.20. The lowest BCUT2D eigenvalue weighted by atomic mass is 10.3. The lowest BCUT2D eigenvalue weighted by Crippen LogP contribution is -2.19. The number of fused-ring (bicyclic) bond motifs is 1. The zero-order valence-electron chi connectivity index (χ0n) is 7.82. The Labute approximate surface area is 87.5 Å². The van der Waals surface area contributed by atoms with Crippen molar-refractivity contribution in [3.63, 3.8) is 0 Å². The second-order valence-corrected chi connectivity index (χ2v) is 3.10. The molecule has 0 aliphatic rings. The molecule has 0 radical (unpaired) electrons. The maximum atomic E-state index is 12.7. The van der Waals surface area contributed by atoms with Gasteiger partial charge < -0.3 is 5.73 Å². The summed E-state index contributed by atoms with van der Waals surface area (Å²) in [7, 11) is 0. The normalized spacial score (nSPS) is 11.9. The fraction of sp³-hybridized carbons (Fsp3) is 0.111. The Morgan fingerprint density at radius 3 is 2.62 bits per heavy atom. The third kappa shape index (κ3) is 1.50. The van der Waals surface area contributed by atoms with Gasteiger partial charge in [-0.25, -0.2) is 4.98 Å². The molecular weight excluding hydrogens is 223 g/mol. The summed E-state index contributed by atoms with van der Waals surface area (Å²) >= 11 is 0. The van der Waals surface area contributed by atoms with E-state index in [1.807, 2.05) is 0 Å². The highest BCUT2D eigenvalue weighted by Gasteiger charge is 2.39. The van der Waals surface area contributed by atoms with Crippen LogP contribution in [0.2, 0.25) is 0 Å². The molecule has 4 nitrogen and oxygen atoms in total. The summed E-state index contributed by atoms with van der Waals surface area (Å²) < 4.78 is 38.9. The van der Waals surface area contributed by atoms with Crippen molar-refractivity contribution in [3.05, 3.63) is 35.8 Å². The minimum atomic E-state index is -4.68. The van der Waals surface area contributed by atoms with Crippen molar-refractivity contribution >= 4 is 11.6 Å². The number of alkyl halides is 3. The molecule has 0 aliphatic carbocycles. The van der Waals surface area contributed by atoms with Gasteiger partial charge in [0.1, 0.15) is 5.65 Å². The van der Waals surface area contributed by atoms with Gasteiger partial charge in [0.15, 0.2) is 11.4 Å². The molecule has 84 valence electrons. The average molecular weight is 229 g/mol. The predicted molar refractivity (Wildman–Crippen MR) is 48.7 cm³/mol. The van der Waals surface area contributed by atoms with E-state index in [-0.39, 0.29) is 5.65 Å². The molecule has 0 unspecified atom stereocenters. The smallest absolute Gasteiger partial charge is 0.364 e. The van der Waals surface area contributed by atoms with Crippen LogP contribution >= 0.6 is 0 Å². The summed E-state index contributed by atoms with van der Waals surface area (Å²) in [5.41, 5.74) is 2.98. The molecule has 16 heavy (non-hydrogen) atoms. The van der Waals surface area contributed by atoms with E-state index in [1.54, 1.807) is 0 Å². The largest absolute Gasteiger partial charge is 0.434 e. The zero-order valence-corrected chi connectivity index (χ0v) is 7.82. The molecule has 0 atom stereocenters. The van der Waals surface area contributed by atoms with Crippen LogP contribution in [0.25, 0.3) is 5.65 Å². The van der Waals surface area contributed by atoms with Crippen LogP contribution in [-0.2, 0) is 6.18 Å². The highest BCUT2D eigenvalue weighted by molar-refractivity contribution is 5.93. The number of rotatable bonds is 1. The van der Waals surface area contributed by atoms with E-state index in [0.29, 0.717) is 0 Å². The predicted octanol–water partition coefficient (Wildman–Crippen LogP) is 1.45. The van der Waals surface area contributed by atoms with Crippen LogP contribution in [0.1, 0.15) is 16.2 Å². The van der Waals surface area contributed by atoms with Gasteiger partial charge in [-0.3, -0.25) is 9.20 Å². The number of halogens is 3. The average Bonchev–Trinajstić information content (AvgIpc) is 2.55. The Kier molecular flexibility index (Phi) is 2.11. The molecule has 0 aliphatic heterocycles. The molecule has 0 bridgehead atoms.